The average molecular weight is 630 g/mol. The first-order chi connectivity index (χ1) is 16.1. The van der Waals surface area contributed by atoms with E-state index in [0.717, 1.165) is 43.4 Å². The molecule has 1 aromatic rings. The van der Waals surface area contributed by atoms with Crippen molar-refractivity contribution in [1.82, 2.24) is 0 Å². The van der Waals surface area contributed by atoms with Crippen LogP contribution in [-0.4, -0.2) is 56.3 Å². The van der Waals surface area contributed by atoms with Crippen molar-refractivity contribution in [3.8, 4) is 0 Å². The molecule has 1 aromatic carbocycles. The molecule has 1 heterocycles. The molecule has 2 rings (SSSR count). The van der Waals surface area contributed by atoms with E-state index in [0.29, 0.717) is 26.4 Å². The van der Waals surface area contributed by atoms with Gasteiger partial charge in [0.2, 0.25) is 0 Å². The van der Waals surface area contributed by atoms with Crippen molar-refractivity contribution in [3.05, 3.63) is 30.3 Å². The molecule has 0 bridgehead atoms. The first-order valence-corrected chi connectivity index (χ1v) is 17.7. The Kier molecular flexibility index (Phi) is 16.6. The summed E-state index contributed by atoms with van der Waals surface area (Å²) >= 11 is 3.86. The Hall–Kier alpha value is 0.880. The zero-order valence-electron chi connectivity index (χ0n) is 20.0. The van der Waals surface area contributed by atoms with E-state index >= 15 is 0 Å². The zero-order chi connectivity index (χ0) is 23.9. The molecule has 5 nitrogen and oxygen atoms in total. The van der Waals surface area contributed by atoms with Crippen LogP contribution < -0.4 is 0 Å². The Balaban J connectivity index is 2.31. The molecule has 1 aliphatic rings. The predicted octanol–water partition coefficient (Wildman–Crippen LogP) is 7.28. The molecule has 0 radical (unpaired) electrons. The van der Waals surface area contributed by atoms with Gasteiger partial charge in [0.15, 0.2) is 0 Å². The van der Waals surface area contributed by atoms with E-state index in [1.807, 2.05) is 18.2 Å². The van der Waals surface area contributed by atoms with E-state index in [-0.39, 0.29) is 29.9 Å². The van der Waals surface area contributed by atoms with Gasteiger partial charge in [-0.1, -0.05) is 0 Å². The normalized spacial score (nSPS) is 25.5. The predicted molar refractivity (Wildman–Crippen MR) is 149 cm³/mol. The third-order valence-corrected chi connectivity index (χ3v) is 7.91. The molecule has 0 amide bonds. The van der Waals surface area contributed by atoms with Gasteiger partial charge in [0, 0.05) is 0 Å². The van der Waals surface area contributed by atoms with Gasteiger partial charge in [-0.3, -0.25) is 0 Å². The minimum atomic E-state index is -0.472. The molecule has 0 aromatic heterocycles. The first kappa shape index (κ1) is 30.1. The number of halogens is 1. The van der Waals surface area contributed by atoms with Crippen LogP contribution >= 0.6 is 40.8 Å². The van der Waals surface area contributed by atoms with Gasteiger partial charge >= 0.3 is 222 Å². The van der Waals surface area contributed by atoms with E-state index in [1.165, 1.54) is 0 Å². The molecule has 1 aliphatic heterocycles. The number of hydrogen-bond donors (Lipinski definition) is 0. The van der Waals surface area contributed by atoms with Gasteiger partial charge < -0.3 is 0 Å². The van der Waals surface area contributed by atoms with E-state index in [4.69, 9.17) is 23.1 Å². The molecule has 5 atom stereocenters. The third kappa shape index (κ3) is 11.2. The number of hydrogen-bond acceptors (Lipinski definition) is 7. The Bertz CT molecular complexity index is 705. The number of benzene rings is 1. The van der Waals surface area contributed by atoms with Gasteiger partial charge in [-0.15, -0.1) is 0 Å². The van der Waals surface area contributed by atoms with Crippen LogP contribution in [0.15, 0.2) is 35.2 Å². The van der Waals surface area contributed by atoms with Crippen LogP contribution in [0.1, 0.15) is 59.3 Å². The Morgan fingerprint density at radius 1 is 0.879 bits per heavy atom. The second-order valence-electron chi connectivity index (χ2n) is 8.03. The number of ether oxygens (including phenoxy) is 4. The van der Waals surface area contributed by atoms with Crippen molar-refractivity contribution in [2.75, 3.05) is 26.4 Å². The fraction of sp³-hybridized carbons (Fsp3) is 0.750. The maximum absolute atomic E-state index is 6.64. The summed E-state index contributed by atoms with van der Waals surface area (Å²) in [5, 5.41) is 0. The molecule has 0 spiro atoms. The van der Waals surface area contributed by atoms with Crippen LogP contribution in [0.4, 0.5) is 0 Å². The number of unbranched alkanes of at least 4 members (excludes halogenated alkanes) is 3. The van der Waals surface area contributed by atoms with E-state index < -0.39 is 7.32 Å². The monoisotopic (exact) mass is 629 g/mol. The van der Waals surface area contributed by atoms with Crippen molar-refractivity contribution in [1.29, 1.82) is 0 Å². The van der Waals surface area contributed by atoms with Crippen LogP contribution in [-0.2, 0) is 30.5 Å². The van der Waals surface area contributed by atoms with Gasteiger partial charge in [-0.05, 0) is 0 Å². The van der Waals surface area contributed by atoms with Gasteiger partial charge in [-0.25, -0.2) is 0 Å². The molecule has 0 N–H and O–H groups in total. The minimum absolute atomic E-state index is 0.216. The molecule has 9 heteroatoms. The second kappa shape index (κ2) is 18.2. The van der Waals surface area contributed by atoms with Crippen molar-refractivity contribution >= 4 is 48.1 Å². The summed E-state index contributed by atoms with van der Waals surface area (Å²) in [6.45, 7) is 8.97. The number of thioether (sulfide) groups is 1. The quantitative estimate of drug-likeness (QED) is 0.0829. The summed E-state index contributed by atoms with van der Waals surface area (Å²) in [5.41, 5.74) is -0.216. The summed E-state index contributed by atoms with van der Waals surface area (Å²) in [7, 11) is 3.94. The molecular weight excluding hydrogens is 590 g/mol. The standard InChI is InChI=1S/C24H39IO5PS2/c1-4-7-15-26-21-20(18-29-33(25)31)30-24(32-19-13-11-10-12-14-19)23(28-17-9-6-3)22(21)27-16-8-5-2/h10-14,20-24H,4-9,15-18H2,1-3H3/q-1/t20?,21-,22?,23-,24-/m1/s1. The summed E-state index contributed by atoms with van der Waals surface area (Å²) in [6, 6.07) is 10.3. The topological polar surface area (TPSA) is 46.2 Å². The summed E-state index contributed by atoms with van der Waals surface area (Å²) in [4.78, 5) is 1.15. The molecule has 0 aliphatic carbocycles. The van der Waals surface area contributed by atoms with E-state index in [9.17, 15) is 0 Å². The van der Waals surface area contributed by atoms with Crippen molar-refractivity contribution in [2.45, 2.75) is 94.0 Å². The van der Waals surface area contributed by atoms with Gasteiger partial charge in [0.05, 0.1) is 0 Å². The summed E-state index contributed by atoms with van der Waals surface area (Å²) in [6.07, 6.45) is 5.30. The van der Waals surface area contributed by atoms with Crippen molar-refractivity contribution in [2.24, 2.45) is 0 Å². The average Bonchev–Trinajstić information content (AvgIpc) is 2.81. The SMILES string of the molecule is CCCCOC1[C@H](OCCCC)C(CO[S-](#P)I)O[C@H](Sc2ccccc2)[C@@H]1OCCCC. The Morgan fingerprint density at radius 3 is 1.97 bits per heavy atom. The van der Waals surface area contributed by atoms with Crippen LogP contribution in [0.5, 0.6) is 0 Å². The fourth-order valence-corrected chi connectivity index (χ4v) is 5.54. The Labute approximate surface area is 221 Å². The van der Waals surface area contributed by atoms with Crippen LogP contribution in [0.25, 0.3) is 0 Å². The second-order valence-corrected chi connectivity index (χ2v) is 15.3. The fourth-order valence-electron chi connectivity index (χ4n) is 3.52. The van der Waals surface area contributed by atoms with Crippen molar-refractivity contribution in [3.63, 3.8) is 0 Å². The third-order valence-electron chi connectivity index (χ3n) is 5.34. The van der Waals surface area contributed by atoms with Crippen LogP contribution in [0.2, 0.25) is 0 Å². The van der Waals surface area contributed by atoms with Crippen molar-refractivity contribution < 1.29 is 23.1 Å². The van der Waals surface area contributed by atoms with Crippen LogP contribution in [0, 0.1) is 0 Å². The van der Waals surface area contributed by atoms with Gasteiger partial charge in [0.1, 0.15) is 0 Å². The molecule has 1 saturated heterocycles. The molecule has 0 saturated carbocycles. The van der Waals surface area contributed by atoms with Crippen LogP contribution in [0.3, 0.4) is 0 Å². The van der Waals surface area contributed by atoms with E-state index in [1.54, 1.807) is 11.8 Å². The number of rotatable bonds is 16. The molecule has 190 valence electrons. The van der Waals surface area contributed by atoms with E-state index in [2.05, 4.69) is 61.9 Å². The molecule has 33 heavy (non-hydrogen) atoms. The molecule has 2 unspecified atom stereocenters. The molecule has 1 fully saturated rings. The van der Waals surface area contributed by atoms with Gasteiger partial charge in [0.25, 0.3) is 0 Å². The summed E-state index contributed by atoms with van der Waals surface area (Å²) in [5.74, 6) is 0. The first-order valence-electron chi connectivity index (χ1n) is 12.1. The Morgan fingerprint density at radius 2 is 1.42 bits per heavy atom. The summed E-state index contributed by atoms with van der Waals surface area (Å²) < 4.78 is 31.9. The van der Waals surface area contributed by atoms with Gasteiger partial charge in [-0.2, -0.15) is 0 Å². The maximum atomic E-state index is 6.64. The zero-order valence-corrected chi connectivity index (χ0v) is 24.7. The molecular formula is C24H39IO5PS2-.